The van der Waals surface area contributed by atoms with Gasteiger partial charge in [-0.1, -0.05) is 118 Å². The van der Waals surface area contributed by atoms with E-state index in [1.54, 1.807) is 11.8 Å². The molecule has 1 aliphatic rings. The first-order valence-corrected chi connectivity index (χ1v) is 11.1. The van der Waals surface area contributed by atoms with Crippen LogP contribution in [0.5, 0.6) is 0 Å². The third kappa shape index (κ3) is 10.4. The Morgan fingerprint density at radius 3 is 1.40 bits per heavy atom. The minimum Gasteiger partial charge on any atom is -0.129 e. The van der Waals surface area contributed by atoms with Crippen molar-refractivity contribution in [1.82, 2.24) is 0 Å². The molecule has 0 spiro atoms. The zero-order valence-corrected chi connectivity index (χ0v) is 19.1. The molecule has 2 heteroatoms. The van der Waals surface area contributed by atoms with E-state index in [1.807, 2.05) is 71.9 Å². The molecule has 0 unspecified atom stereocenters. The summed E-state index contributed by atoms with van der Waals surface area (Å²) in [5, 5.41) is 0. The maximum absolute atomic E-state index is 3.59. The molecule has 0 amide bonds. The van der Waals surface area contributed by atoms with Gasteiger partial charge in [0, 0.05) is 9.37 Å². The fourth-order valence-corrected chi connectivity index (χ4v) is 2.77. The maximum Gasteiger partial charge on any atom is 0.0254 e. The van der Waals surface area contributed by atoms with Gasteiger partial charge in [0.15, 0.2) is 0 Å². The van der Waals surface area contributed by atoms with Gasteiger partial charge >= 0.3 is 0 Å². The Morgan fingerprint density at radius 1 is 0.600 bits per heavy atom. The number of thioether (sulfide) groups is 1. The van der Waals surface area contributed by atoms with Crippen LogP contribution >= 0.6 is 27.7 Å². The van der Waals surface area contributed by atoms with E-state index in [4.69, 9.17) is 0 Å². The third-order valence-corrected chi connectivity index (χ3v) is 4.20. The smallest absolute Gasteiger partial charge is 0.0254 e. The molecule has 0 saturated heterocycles. The summed E-state index contributed by atoms with van der Waals surface area (Å²) >= 11 is 5.37. The maximum atomic E-state index is 3.59. The lowest BCUT2D eigenvalue weighted by atomic mass is 10.1. The Bertz CT molecular complexity index is 583. The number of benzene rings is 2. The van der Waals surface area contributed by atoms with Gasteiger partial charge in [0.25, 0.3) is 0 Å². The summed E-state index contributed by atoms with van der Waals surface area (Å²) in [5.41, 5.74) is 2.54. The van der Waals surface area contributed by atoms with Crippen LogP contribution in [0.3, 0.4) is 0 Å². The van der Waals surface area contributed by atoms with Crippen LogP contribution in [0.2, 0.25) is 0 Å². The van der Waals surface area contributed by atoms with Crippen LogP contribution in [-0.2, 0) is 0 Å². The molecular weight excluding hydrogens is 388 g/mol. The Kier molecular flexibility index (Phi) is 19.8. The minimum atomic E-state index is 1.14. The summed E-state index contributed by atoms with van der Waals surface area (Å²) in [7, 11) is 0. The van der Waals surface area contributed by atoms with Crippen molar-refractivity contribution in [2.75, 3.05) is 6.26 Å². The van der Waals surface area contributed by atoms with Crippen molar-refractivity contribution in [2.24, 2.45) is 0 Å². The summed E-state index contributed by atoms with van der Waals surface area (Å²) in [6.07, 6.45) is 10.1. The second kappa shape index (κ2) is 19.1. The molecule has 138 valence electrons. The first-order chi connectivity index (χ1) is 12.3. The molecule has 0 heterocycles. The van der Waals surface area contributed by atoms with E-state index in [-0.39, 0.29) is 0 Å². The van der Waals surface area contributed by atoms with Gasteiger partial charge in [0.05, 0.1) is 0 Å². The normalized spacial score (nSPS) is 9.44. The molecule has 0 aromatic heterocycles. The third-order valence-electron chi connectivity index (χ3n) is 2.72. The average Bonchev–Trinajstić information content (AvgIpc) is 2.66. The molecule has 0 fully saturated rings. The number of hydrogen-bond acceptors (Lipinski definition) is 1. The van der Waals surface area contributed by atoms with Gasteiger partial charge < -0.3 is 0 Å². The Hall–Kier alpha value is -1.25. The first-order valence-electron chi connectivity index (χ1n) is 9.04. The van der Waals surface area contributed by atoms with Crippen molar-refractivity contribution < 1.29 is 0 Å². The van der Waals surface area contributed by atoms with Crippen LogP contribution < -0.4 is 0 Å². The van der Waals surface area contributed by atoms with E-state index in [0.717, 1.165) is 4.47 Å². The summed E-state index contributed by atoms with van der Waals surface area (Å²) < 4.78 is 1.14. The Labute approximate surface area is 168 Å². The van der Waals surface area contributed by atoms with Crippen molar-refractivity contribution in [3.8, 4) is 11.1 Å². The van der Waals surface area contributed by atoms with Gasteiger partial charge in [-0.2, -0.15) is 0 Å². The van der Waals surface area contributed by atoms with Crippen LogP contribution in [0, 0.1) is 0 Å². The highest BCUT2D eigenvalue weighted by Gasteiger charge is 2.05. The molecule has 0 atom stereocenters. The lowest BCUT2D eigenvalue weighted by Crippen LogP contribution is -1.82. The number of hydrogen-bond donors (Lipinski definition) is 0. The molecule has 2 aromatic carbocycles. The highest BCUT2D eigenvalue weighted by atomic mass is 79.9. The van der Waals surface area contributed by atoms with Crippen molar-refractivity contribution in [2.45, 2.75) is 46.4 Å². The fourth-order valence-electron chi connectivity index (χ4n) is 1.66. The number of rotatable bonds is 2. The van der Waals surface area contributed by atoms with Gasteiger partial charge in [-0.05, 0) is 29.5 Å². The van der Waals surface area contributed by atoms with E-state index in [2.05, 4.69) is 64.7 Å². The second-order valence-corrected chi connectivity index (χ2v) is 5.65. The van der Waals surface area contributed by atoms with Crippen molar-refractivity contribution in [3.05, 3.63) is 77.3 Å². The summed E-state index contributed by atoms with van der Waals surface area (Å²) in [6, 6.07) is 16.8. The molecular formula is C23H33BrS. The summed E-state index contributed by atoms with van der Waals surface area (Å²) in [5.74, 6) is 0. The van der Waals surface area contributed by atoms with Gasteiger partial charge in [-0.3, -0.25) is 0 Å². The lowest BCUT2D eigenvalue weighted by molar-refractivity contribution is 1.44. The van der Waals surface area contributed by atoms with Gasteiger partial charge in [0.1, 0.15) is 0 Å². The van der Waals surface area contributed by atoms with E-state index >= 15 is 0 Å². The lowest BCUT2D eigenvalue weighted by Gasteiger charge is -2.08. The zero-order valence-electron chi connectivity index (χ0n) is 16.7. The molecule has 0 aliphatic heterocycles. The summed E-state index contributed by atoms with van der Waals surface area (Å²) in [4.78, 5) is 1.31. The SMILES string of the molecule is C1=CC=C1.CC.CC.CC.CSc1ccccc1-c1ccccc1Br. The van der Waals surface area contributed by atoms with Crippen LogP contribution in [0.15, 0.2) is 82.2 Å². The first kappa shape index (κ1) is 26.0. The monoisotopic (exact) mass is 420 g/mol. The van der Waals surface area contributed by atoms with E-state index in [1.165, 1.54) is 16.0 Å². The van der Waals surface area contributed by atoms with Gasteiger partial charge in [-0.25, -0.2) is 0 Å². The second-order valence-electron chi connectivity index (χ2n) is 3.95. The molecule has 3 rings (SSSR count). The Balaban J connectivity index is 0. The van der Waals surface area contributed by atoms with Crippen molar-refractivity contribution in [1.29, 1.82) is 0 Å². The topological polar surface area (TPSA) is 0 Å². The van der Waals surface area contributed by atoms with Crippen LogP contribution in [0.25, 0.3) is 11.1 Å². The molecule has 0 radical (unpaired) electrons. The van der Waals surface area contributed by atoms with Crippen LogP contribution in [0.4, 0.5) is 0 Å². The molecule has 1 aliphatic carbocycles. The fraction of sp³-hybridized carbons (Fsp3) is 0.304. The minimum absolute atomic E-state index is 1.14. The van der Waals surface area contributed by atoms with Gasteiger partial charge in [-0.15, -0.1) is 11.8 Å². The molecule has 25 heavy (non-hydrogen) atoms. The predicted octanol–water partition coefficient (Wildman–Crippen LogP) is 9.03. The summed E-state index contributed by atoms with van der Waals surface area (Å²) in [6.45, 7) is 12.0. The molecule has 0 saturated carbocycles. The number of allylic oxidation sites excluding steroid dienone is 4. The number of halogens is 1. The zero-order chi connectivity index (χ0) is 19.5. The van der Waals surface area contributed by atoms with Gasteiger partial charge in [0.2, 0.25) is 0 Å². The predicted molar refractivity (Wildman–Crippen MR) is 124 cm³/mol. The van der Waals surface area contributed by atoms with Crippen molar-refractivity contribution in [3.63, 3.8) is 0 Å². The van der Waals surface area contributed by atoms with Crippen LogP contribution in [0.1, 0.15) is 41.5 Å². The molecule has 0 bridgehead atoms. The van der Waals surface area contributed by atoms with E-state index in [9.17, 15) is 0 Å². The van der Waals surface area contributed by atoms with E-state index in [0.29, 0.717) is 0 Å². The standard InChI is InChI=1S/C13H11BrS.C4H4.3C2H6/c1-15-13-9-5-3-7-11(13)10-6-2-4-8-12(10)14;1-2-4-3-1;3*1-2/h2-9H,1H3;1-4H;3*1-2H3. The Morgan fingerprint density at radius 2 is 1.00 bits per heavy atom. The largest absolute Gasteiger partial charge is 0.129 e. The highest BCUT2D eigenvalue weighted by Crippen LogP contribution is 2.34. The average molecular weight is 421 g/mol. The van der Waals surface area contributed by atoms with Crippen LogP contribution in [-0.4, -0.2) is 6.26 Å². The van der Waals surface area contributed by atoms with Crippen molar-refractivity contribution >= 4 is 27.7 Å². The molecule has 2 aromatic rings. The molecule has 0 N–H and O–H groups in total. The van der Waals surface area contributed by atoms with E-state index < -0.39 is 0 Å². The molecule has 0 nitrogen and oxygen atoms in total. The highest BCUT2D eigenvalue weighted by molar-refractivity contribution is 9.10. The quantitative estimate of drug-likeness (QED) is 0.436.